The zero-order valence-corrected chi connectivity index (χ0v) is 15.4. The molecule has 0 aromatic carbocycles. The van der Waals surface area contributed by atoms with E-state index in [1.165, 1.54) is 38.4 Å². The average molecular weight is 349 g/mol. The lowest BCUT2D eigenvalue weighted by molar-refractivity contribution is -0.150. The van der Waals surface area contributed by atoms with Crippen molar-refractivity contribution in [3.63, 3.8) is 0 Å². The molecule has 0 spiro atoms. The number of amides is 1. The smallest absolute Gasteiger partial charge is 0.309 e. The molecule has 5 nitrogen and oxygen atoms in total. The summed E-state index contributed by atoms with van der Waals surface area (Å²) in [5, 5.41) is 0. The molecule has 0 aliphatic carbocycles. The van der Waals surface area contributed by atoms with Gasteiger partial charge in [-0.2, -0.15) is 0 Å². The molecule has 140 valence electrons. The Labute approximate surface area is 150 Å². The second-order valence-corrected chi connectivity index (χ2v) is 6.83. The summed E-state index contributed by atoms with van der Waals surface area (Å²) in [6.45, 7) is 3.91. The van der Waals surface area contributed by atoms with Crippen molar-refractivity contribution in [3.8, 4) is 0 Å². The van der Waals surface area contributed by atoms with Crippen molar-refractivity contribution in [1.82, 2.24) is 4.90 Å². The summed E-state index contributed by atoms with van der Waals surface area (Å²) < 4.78 is 10.6. The van der Waals surface area contributed by atoms with E-state index in [-0.39, 0.29) is 17.8 Å². The zero-order valence-electron chi connectivity index (χ0n) is 15.4. The Balaban J connectivity index is 1.56. The fraction of sp³-hybridized carbons (Fsp3) is 0.700. The summed E-state index contributed by atoms with van der Waals surface area (Å²) in [6.07, 6.45) is 11.3. The van der Waals surface area contributed by atoms with Crippen LogP contribution in [0.5, 0.6) is 0 Å². The van der Waals surface area contributed by atoms with Gasteiger partial charge in [-0.1, -0.05) is 45.4 Å². The summed E-state index contributed by atoms with van der Waals surface area (Å²) in [5.74, 6) is 0.0844. The lowest BCUT2D eigenvalue weighted by atomic mass is 9.97. The lowest BCUT2D eigenvalue weighted by Gasteiger charge is -2.30. The maximum Gasteiger partial charge on any atom is 0.309 e. The van der Waals surface area contributed by atoms with E-state index in [2.05, 4.69) is 6.92 Å². The molecule has 0 unspecified atom stereocenters. The zero-order chi connectivity index (χ0) is 17.9. The summed E-state index contributed by atoms with van der Waals surface area (Å²) in [5.41, 5.74) is 0. The number of rotatable bonds is 10. The van der Waals surface area contributed by atoms with Gasteiger partial charge >= 0.3 is 5.97 Å². The van der Waals surface area contributed by atoms with Crippen LogP contribution in [0.15, 0.2) is 22.8 Å². The van der Waals surface area contributed by atoms with Crippen LogP contribution in [0.2, 0.25) is 0 Å². The number of carbonyl (C=O) groups excluding carboxylic acids is 2. The first-order valence-electron chi connectivity index (χ1n) is 9.71. The van der Waals surface area contributed by atoms with Crippen LogP contribution in [0, 0.1) is 5.92 Å². The van der Waals surface area contributed by atoms with Gasteiger partial charge in [-0.15, -0.1) is 0 Å². The van der Waals surface area contributed by atoms with Crippen LogP contribution >= 0.6 is 0 Å². The Morgan fingerprint density at radius 1 is 1.12 bits per heavy atom. The molecule has 0 bridgehead atoms. The van der Waals surface area contributed by atoms with E-state index in [0.717, 1.165) is 12.8 Å². The summed E-state index contributed by atoms with van der Waals surface area (Å²) >= 11 is 0. The Bertz CT molecular complexity index is 504. The Morgan fingerprint density at radius 2 is 1.80 bits per heavy atom. The molecule has 1 amide bonds. The monoisotopic (exact) mass is 349 g/mol. The van der Waals surface area contributed by atoms with Crippen molar-refractivity contribution in [2.45, 2.75) is 64.7 Å². The Kier molecular flexibility index (Phi) is 8.56. The number of nitrogens with zero attached hydrogens (tertiary/aromatic N) is 1. The molecular weight excluding hydrogens is 318 g/mol. The van der Waals surface area contributed by atoms with Crippen LogP contribution in [-0.4, -0.2) is 36.5 Å². The summed E-state index contributed by atoms with van der Waals surface area (Å²) in [4.78, 5) is 26.1. The second kappa shape index (κ2) is 11.0. The van der Waals surface area contributed by atoms with Crippen molar-refractivity contribution < 1.29 is 18.7 Å². The van der Waals surface area contributed by atoms with Crippen molar-refractivity contribution in [2.75, 3.05) is 19.7 Å². The number of furan rings is 1. The highest BCUT2D eigenvalue weighted by Crippen LogP contribution is 2.20. The van der Waals surface area contributed by atoms with Gasteiger partial charge in [-0.05, 0) is 31.4 Å². The molecule has 0 radical (unpaired) electrons. The molecule has 5 heteroatoms. The minimum atomic E-state index is -0.101. The van der Waals surface area contributed by atoms with Crippen LogP contribution in [0.3, 0.4) is 0 Å². The van der Waals surface area contributed by atoms with Crippen LogP contribution < -0.4 is 0 Å². The van der Waals surface area contributed by atoms with Gasteiger partial charge in [0.25, 0.3) is 5.91 Å². The highest BCUT2D eigenvalue weighted by atomic mass is 16.5. The van der Waals surface area contributed by atoms with Crippen molar-refractivity contribution in [3.05, 3.63) is 24.2 Å². The fourth-order valence-corrected chi connectivity index (χ4v) is 3.22. The molecule has 1 aromatic heterocycles. The number of ether oxygens (including phenoxy) is 1. The number of carbonyl (C=O) groups is 2. The first-order chi connectivity index (χ1) is 12.2. The van der Waals surface area contributed by atoms with Gasteiger partial charge in [-0.3, -0.25) is 9.59 Å². The first-order valence-corrected chi connectivity index (χ1v) is 9.71. The standard InChI is InChI=1S/C20H31NO4/c1-2-3-4-5-6-7-8-15-25-20(23)17-11-13-21(14-12-17)19(22)18-10-9-16-24-18/h9-10,16-17H,2-8,11-15H2,1H3. The summed E-state index contributed by atoms with van der Waals surface area (Å²) in [6, 6.07) is 3.38. The first kappa shape index (κ1) is 19.5. The van der Waals surface area contributed by atoms with Gasteiger partial charge in [0.2, 0.25) is 0 Å². The van der Waals surface area contributed by atoms with Crippen molar-refractivity contribution in [1.29, 1.82) is 0 Å². The number of esters is 1. The lowest BCUT2D eigenvalue weighted by Crippen LogP contribution is -2.40. The van der Waals surface area contributed by atoms with Gasteiger partial charge in [0.15, 0.2) is 5.76 Å². The van der Waals surface area contributed by atoms with Crippen molar-refractivity contribution in [2.24, 2.45) is 5.92 Å². The fourth-order valence-electron chi connectivity index (χ4n) is 3.22. The Hall–Kier alpha value is -1.78. The molecule has 0 N–H and O–H groups in total. The van der Waals surface area contributed by atoms with Crippen LogP contribution in [0.25, 0.3) is 0 Å². The third kappa shape index (κ3) is 6.56. The van der Waals surface area contributed by atoms with Crippen molar-refractivity contribution >= 4 is 11.9 Å². The third-order valence-electron chi connectivity index (χ3n) is 4.84. The van der Waals surface area contributed by atoms with Crippen LogP contribution in [0.4, 0.5) is 0 Å². The number of hydrogen-bond acceptors (Lipinski definition) is 4. The van der Waals surface area contributed by atoms with E-state index >= 15 is 0 Å². The van der Waals surface area contributed by atoms with Gasteiger partial charge in [-0.25, -0.2) is 0 Å². The second-order valence-electron chi connectivity index (χ2n) is 6.83. The van der Waals surface area contributed by atoms with E-state index < -0.39 is 0 Å². The predicted molar refractivity (Wildman–Crippen MR) is 96.3 cm³/mol. The largest absolute Gasteiger partial charge is 0.465 e. The predicted octanol–water partition coefficient (Wildman–Crippen LogP) is 4.43. The molecule has 0 atom stereocenters. The number of unbranched alkanes of at least 4 members (excludes halogenated alkanes) is 6. The highest BCUT2D eigenvalue weighted by Gasteiger charge is 2.29. The summed E-state index contributed by atoms with van der Waals surface area (Å²) in [7, 11) is 0. The van der Waals surface area contributed by atoms with E-state index in [4.69, 9.17) is 9.15 Å². The van der Waals surface area contributed by atoms with Gasteiger partial charge in [0, 0.05) is 13.1 Å². The quantitative estimate of drug-likeness (QED) is 0.463. The molecule has 1 aromatic rings. The van der Waals surface area contributed by atoms with E-state index in [1.54, 1.807) is 17.0 Å². The SMILES string of the molecule is CCCCCCCCCOC(=O)C1CCN(C(=O)c2ccco2)CC1. The van der Waals surface area contributed by atoms with Crippen LogP contribution in [0.1, 0.15) is 75.3 Å². The molecule has 1 saturated heterocycles. The minimum absolute atomic E-state index is 0.0785. The molecule has 2 rings (SSSR count). The van der Waals surface area contributed by atoms with Gasteiger partial charge < -0.3 is 14.1 Å². The minimum Gasteiger partial charge on any atom is -0.465 e. The van der Waals surface area contributed by atoms with Gasteiger partial charge in [0.05, 0.1) is 18.8 Å². The highest BCUT2D eigenvalue weighted by molar-refractivity contribution is 5.91. The molecule has 1 fully saturated rings. The molecule has 0 saturated carbocycles. The maximum absolute atomic E-state index is 12.2. The Morgan fingerprint density at radius 3 is 2.44 bits per heavy atom. The average Bonchev–Trinajstić information content (AvgIpc) is 3.18. The molecule has 2 heterocycles. The topological polar surface area (TPSA) is 59.8 Å². The normalized spacial score (nSPS) is 15.3. The molecule has 1 aliphatic rings. The van der Waals surface area contributed by atoms with Crippen LogP contribution in [-0.2, 0) is 9.53 Å². The van der Waals surface area contributed by atoms with E-state index in [0.29, 0.717) is 38.3 Å². The number of likely N-dealkylation sites (tertiary alicyclic amines) is 1. The van der Waals surface area contributed by atoms with E-state index in [1.807, 2.05) is 0 Å². The van der Waals surface area contributed by atoms with E-state index in [9.17, 15) is 9.59 Å². The third-order valence-corrected chi connectivity index (χ3v) is 4.84. The van der Waals surface area contributed by atoms with Gasteiger partial charge in [0.1, 0.15) is 0 Å². The molecule has 1 aliphatic heterocycles. The molecular formula is C20H31NO4. The number of piperidine rings is 1. The molecule has 25 heavy (non-hydrogen) atoms. The number of hydrogen-bond donors (Lipinski definition) is 0. The maximum atomic E-state index is 12.2.